The van der Waals surface area contributed by atoms with Crippen molar-refractivity contribution < 1.29 is 4.79 Å². The van der Waals surface area contributed by atoms with Gasteiger partial charge >= 0.3 is 0 Å². The molecule has 0 saturated carbocycles. The van der Waals surface area contributed by atoms with Crippen LogP contribution in [0, 0.1) is 6.92 Å². The third-order valence-electron chi connectivity index (χ3n) is 3.14. The standard InChI is InChI=1S/C16H18N2O2/c1-3-13-6-4-5-7-14(13)17-15(19)11-18-9-8-12(2)10-16(18)20/h4-10H,3,11H2,1-2H3,(H,17,19). The van der Waals surface area contributed by atoms with E-state index < -0.39 is 0 Å². The van der Waals surface area contributed by atoms with Crippen LogP contribution in [0.5, 0.6) is 0 Å². The minimum atomic E-state index is -0.197. The molecular formula is C16H18N2O2. The van der Waals surface area contributed by atoms with Gasteiger partial charge in [-0.1, -0.05) is 25.1 Å². The summed E-state index contributed by atoms with van der Waals surface area (Å²) in [6, 6.07) is 11.0. The summed E-state index contributed by atoms with van der Waals surface area (Å²) in [6.45, 7) is 3.91. The number of hydrogen-bond donors (Lipinski definition) is 1. The Balaban J connectivity index is 2.11. The Bertz CT molecular complexity index is 674. The highest BCUT2D eigenvalue weighted by atomic mass is 16.2. The first-order valence-electron chi connectivity index (χ1n) is 6.65. The van der Waals surface area contributed by atoms with Gasteiger partial charge in [-0.05, 0) is 36.6 Å². The van der Waals surface area contributed by atoms with Crippen molar-refractivity contribution in [2.45, 2.75) is 26.8 Å². The maximum absolute atomic E-state index is 12.0. The van der Waals surface area contributed by atoms with Gasteiger partial charge in [0.1, 0.15) is 6.54 Å². The lowest BCUT2D eigenvalue weighted by atomic mass is 10.1. The topological polar surface area (TPSA) is 51.1 Å². The van der Waals surface area contributed by atoms with Gasteiger partial charge in [0.05, 0.1) is 0 Å². The van der Waals surface area contributed by atoms with Gasteiger partial charge in [0.25, 0.3) is 5.56 Å². The molecule has 20 heavy (non-hydrogen) atoms. The number of hydrogen-bond acceptors (Lipinski definition) is 2. The highest BCUT2D eigenvalue weighted by molar-refractivity contribution is 5.91. The molecule has 1 amide bonds. The van der Waals surface area contributed by atoms with Gasteiger partial charge in [-0.3, -0.25) is 9.59 Å². The number of carbonyl (C=O) groups excluding carboxylic acids is 1. The van der Waals surface area contributed by atoms with Crippen LogP contribution in [0.4, 0.5) is 5.69 Å². The lowest BCUT2D eigenvalue weighted by Gasteiger charge is -2.10. The molecule has 104 valence electrons. The van der Waals surface area contributed by atoms with Gasteiger partial charge in [-0.15, -0.1) is 0 Å². The molecule has 0 saturated heterocycles. The Kier molecular flexibility index (Phi) is 4.35. The molecule has 0 radical (unpaired) electrons. The fourth-order valence-electron chi connectivity index (χ4n) is 2.03. The van der Waals surface area contributed by atoms with Gasteiger partial charge in [0.15, 0.2) is 0 Å². The quantitative estimate of drug-likeness (QED) is 0.927. The average molecular weight is 270 g/mol. The number of anilines is 1. The number of para-hydroxylation sites is 1. The second kappa shape index (κ2) is 6.19. The number of benzene rings is 1. The summed E-state index contributed by atoms with van der Waals surface area (Å²) >= 11 is 0. The summed E-state index contributed by atoms with van der Waals surface area (Å²) in [4.78, 5) is 23.8. The molecule has 1 aromatic heterocycles. The van der Waals surface area contributed by atoms with Crippen LogP contribution in [-0.2, 0) is 17.8 Å². The zero-order chi connectivity index (χ0) is 14.5. The van der Waals surface area contributed by atoms with Crippen molar-refractivity contribution in [1.82, 2.24) is 4.57 Å². The zero-order valence-corrected chi connectivity index (χ0v) is 11.7. The average Bonchev–Trinajstić information content (AvgIpc) is 2.42. The molecule has 2 rings (SSSR count). The SMILES string of the molecule is CCc1ccccc1NC(=O)Cn1ccc(C)cc1=O. The maximum atomic E-state index is 12.0. The van der Waals surface area contributed by atoms with E-state index in [0.717, 1.165) is 23.2 Å². The van der Waals surface area contributed by atoms with Crippen LogP contribution in [0.2, 0.25) is 0 Å². The van der Waals surface area contributed by atoms with E-state index in [1.54, 1.807) is 6.20 Å². The van der Waals surface area contributed by atoms with E-state index >= 15 is 0 Å². The Labute approximate surface area is 118 Å². The van der Waals surface area contributed by atoms with Crippen molar-refractivity contribution >= 4 is 11.6 Å². The molecule has 4 heteroatoms. The molecule has 0 unspecified atom stereocenters. The van der Waals surface area contributed by atoms with Gasteiger partial charge in [0, 0.05) is 18.0 Å². The number of nitrogens with zero attached hydrogens (tertiary/aromatic N) is 1. The van der Waals surface area contributed by atoms with Crippen LogP contribution in [-0.4, -0.2) is 10.5 Å². The molecule has 1 heterocycles. The van der Waals surface area contributed by atoms with Crippen LogP contribution in [0.3, 0.4) is 0 Å². The zero-order valence-electron chi connectivity index (χ0n) is 11.7. The van der Waals surface area contributed by atoms with E-state index in [1.165, 1.54) is 10.6 Å². The molecule has 1 aromatic carbocycles. The summed E-state index contributed by atoms with van der Waals surface area (Å²) in [5.41, 5.74) is 2.61. The minimum Gasteiger partial charge on any atom is -0.324 e. The van der Waals surface area contributed by atoms with E-state index in [0.29, 0.717) is 0 Å². The smallest absolute Gasteiger partial charge is 0.251 e. The number of carbonyl (C=O) groups is 1. The summed E-state index contributed by atoms with van der Waals surface area (Å²) in [5, 5.41) is 2.85. The van der Waals surface area contributed by atoms with Crippen molar-refractivity contribution in [3.05, 3.63) is 64.1 Å². The molecule has 0 bridgehead atoms. The van der Waals surface area contributed by atoms with Crippen molar-refractivity contribution in [1.29, 1.82) is 0 Å². The first-order chi connectivity index (χ1) is 9.60. The van der Waals surface area contributed by atoms with E-state index in [4.69, 9.17) is 0 Å². The number of amides is 1. The molecule has 0 fully saturated rings. The van der Waals surface area contributed by atoms with E-state index in [2.05, 4.69) is 5.32 Å². The molecule has 0 spiro atoms. The highest BCUT2D eigenvalue weighted by Gasteiger charge is 2.07. The lowest BCUT2D eigenvalue weighted by Crippen LogP contribution is -2.27. The number of aromatic nitrogens is 1. The largest absolute Gasteiger partial charge is 0.324 e. The summed E-state index contributed by atoms with van der Waals surface area (Å²) < 4.78 is 1.40. The molecule has 0 atom stereocenters. The number of pyridine rings is 1. The molecule has 0 aliphatic heterocycles. The van der Waals surface area contributed by atoms with Crippen molar-refractivity contribution in [2.75, 3.05) is 5.32 Å². The first kappa shape index (κ1) is 14.1. The second-order valence-electron chi connectivity index (χ2n) is 4.73. The highest BCUT2D eigenvalue weighted by Crippen LogP contribution is 2.15. The molecule has 0 aliphatic carbocycles. The molecule has 4 nitrogen and oxygen atoms in total. The molecule has 2 aromatic rings. The van der Waals surface area contributed by atoms with Crippen LogP contribution in [0.15, 0.2) is 47.4 Å². The predicted octanol–water partition coefficient (Wildman–Crippen LogP) is 2.36. The van der Waals surface area contributed by atoms with Gasteiger partial charge in [-0.2, -0.15) is 0 Å². The molecule has 1 N–H and O–H groups in total. The van der Waals surface area contributed by atoms with E-state index in [-0.39, 0.29) is 18.0 Å². The predicted molar refractivity (Wildman–Crippen MR) is 79.9 cm³/mol. The van der Waals surface area contributed by atoms with Crippen LogP contribution >= 0.6 is 0 Å². The minimum absolute atomic E-state index is 0.0250. The lowest BCUT2D eigenvalue weighted by molar-refractivity contribution is -0.116. The summed E-state index contributed by atoms with van der Waals surface area (Å²) in [5.74, 6) is -0.197. The van der Waals surface area contributed by atoms with E-state index in [1.807, 2.05) is 44.2 Å². The Morgan fingerprint density at radius 3 is 2.70 bits per heavy atom. The Morgan fingerprint density at radius 2 is 2.00 bits per heavy atom. The number of nitrogens with one attached hydrogen (secondary N) is 1. The number of aryl methyl sites for hydroxylation is 2. The normalized spacial score (nSPS) is 10.3. The summed E-state index contributed by atoms with van der Waals surface area (Å²) in [7, 11) is 0. The third-order valence-corrected chi connectivity index (χ3v) is 3.14. The fraction of sp³-hybridized carbons (Fsp3) is 0.250. The Morgan fingerprint density at radius 1 is 1.25 bits per heavy atom. The van der Waals surface area contributed by atoms with Crippen LogP contribution in [0.1, 0.15) is 18.1 Å². The third kappa shape index (κ3) is 3.35. The molecule has 0 aliphatic rings. The monoisotopic (exact) mass is 270 g/mol. The van der Waals surface area contributed by atoms with Crippen molar-refractivity contribution in [3.63, 3.8) is 0 Å². The molecular weight excluding hydrogens is 252 g/mol. The van der Waals surface area contributed by atoms with Gasteiger partial charge in [-0.25, -0.2) is 0 Å². The van der Waals surface area contributed by atoms with Crippen molar-refractivity contribution in [3.8, 4) is 0 Å². The number of rotatable bonds is 4. The van der Waals surface area contributed by atoms with Crippen LogP contribution < -0.4 is 10.9 Å². The van der Waals surface area contributed by atoms with Gasteiger partial charge < -0.3 is 9.88 Å². The van der Waals surface area contributed by atoms with Crippen LogP contribution in [0.25, 0.3) is 0 Å². The summed E-state index contributed by atoms with van der Waals surface area (Å²) in [6.07, 6.45) is 2.49. The second-order valence-corrected chi connectivity index (χ2v) is 4.73. The maximum Gasteiger partial charge on any atom is 0.251 e. The first-order valence-corrected chi connectivity index (χ1v) is 6.65. The Hall–Kier alpha value is -2.36. The fourth-order valence-corrected chi connectivity index (χ4v) is 2.03. The van der Waals surface area contributed by atoms with Gasteiger partial charge in [0.2, 0.25) is 5.91 Å². The van der Waals surface area contributed by atoms with E-state index in [9.17, 15) is 9.59 Å². The van der Waals surface area contributed by atoms with Crippen molar-refractivity contribution in [2.24, 2.45) is 0 Å².